The zero-order valence-electron chi connectivity index (χ0n) is 16.9. The number of hydrogen-bond acceptors (Lipinski definition) is 5. The zero-order valence-corrected chi connectivity index (χ0v) is 17.7. The van der Waals surface area contributed by atoms with Gasteiger partial charge >= 0.3 is 0 Å². The highest BCUT2D eigenvalue weighted by Gasteiger charge is 2.10. The summed E-state index contributed by atoms with van der Waals surface area (Å²) in [6.45, 7) is 11.2. The average molecular weight is 402 g/mol. The molecular weight excluding hydrogens is 370 g/mol. The van der Waals surface area contributed by atoms with Crippen molar-refractivity contribution < 1.29 is 4.74 Å². The molecule has 0 saturated carbocycles. The fourth-order valence-corrected chi connectivity index (χ4v) is 3.76. The smallest absolute Gasteiger partial charge is 0.191 e. The number of hydrogen-bond donors (Lipinski definition) is 2. The lowest BCUT2D eigenvalue weighted by Crippen LogP contribution is -2.38. The average Bonchev–Trinajstić information content (AvgIpc) is 3.13. The van der Waals surface area contributed by atoms with Gasteiger partial charge in [0.1, 0.15) is 0 Å². The van der Waals surface area contributed by atoms with Gasteiger partial charge in [-0.15, -0.1) is 11.3 Å². The maximum atomic E-state index is 5.41. The Morgan fingerprint density at radius 1 is 1.18 bits per heavy atom. The Morgan fingerprint density at radius 3 is 2.61 bits per heavy atom. The van der Waals surface area contributed by atoms with Crippen LogP contribution in [0.4, 0.5) is 0 Å². The van der Waals surface area contributed by atoms with Crippen LogP contribution in [0.1, 0.15) is 28.8 Å². The van der Waals surface area contributed by atoms with E-state index in [-0.39, 0.29) is 0 Å². The number of rotatable bonds is 8. The Hall–Kier alpha value is -1.96. The second-order valence-corrected chi connectivity index (χ2v) is 8.00. The Morgan fingerprint density at radius 2 is 1.93 bits per heavy atom. The van der Waals surface area contributed by atoms with Gasteiger partial charge in [0, 0.05) is 44.5 Å². The van der Waals surface area contributed by atoms with Gasteiger partial charge in [0.05, 0.1) is 30.5 Å². The maximum Gasteiger partial charge on any atom is 0.191 e. The van der Waals surface area contributed by atoms with Crippen LogP contribution in [0.5, 0.6) is 0 Å². The van der Waals surface area contributed by atoms with E-state index in [0.29, 0.717) is 6.54 Å². The van der Waals surface area contributed by atoms with Crippen LogP contribution in [-0.2, 0) is 24.2 Å². The number of aliphatic imine (C=N–C) groups is 1. The summed E-state index contributed by atoms with van der Waals surface area (Å²) in [6.07, 6.45) is 0.908. The quantitative estimate of drug-likeness (QED) is 0.526. The molecule has 2 N–H and O–H groups in total. The summed E-state index contributed by atoms with van der Waals surface area (Å²) in [5.41, 5.74) is 3.71. The second kappa shape index (κ2) is 11.1. The van der Waals surface area contributed by atoms with Gasteiger partial charge < -0.3 is 15.4 Å². The number of ether oxygens (including phenoxy) is 1. The van der Waals surface area contributed by atoms with E-state index in [4.69, 9.17) is 9.73 Å². The van der Waals surface area contributed by atoms with Crippen LogP contribution >= 0.6 is 11.3 Å². The predicted molar refractivity (Wildman–Crippen MR) is 116 cm³/mol. The van der Waals surface area contributed by atoms with Gasteiger partial charge in [-0.3, -0.25) is 4.90 Å². The molecule has 0 bridgehead atoms. The molecule has 2 aromatic rings. The highest BCUT2D eigenvalue weighted by atomic mass is 32.1. The van der Waals surface area contributed by atoms with Crippen molar-refractivity contribution in [3.8, 4) is 0 Å². The molecule has 28 heavy (non-hydrogen) atoms. The summed E-state index contributed by atoms with van der Waals surface area (Å²) in [7, 11) is 0. The largest absolute Gasteiger partial charge is 0.379 e. The number of aromatic nitrogens is 1. The molecule has 7 heteroatoms. The van der Waals surface area contributed by atoms with Crippen molar-refractivity contribution in [2.45, 2.75) is 33.4 Å². The normalized spacial score (nSPS) is 15.6. The van der Waals surface area contributed by atoms with Crippen molar-refractivity contribution in [2.75, 3.05) is 39.4 Å². The van der Waals surface area contributed by atoms with E-state index in [9.17, 15) is 0 Å². The molecule has 1 aromatic carbocycles. The number of morpholine rings is 1. The van der Waals surface area contributed by atoms with Crippen LogP contribution in [0.3, 0.4) is 0 Å². The lowest BCUT2D eigenvalue weighted by Gasteiger charge is -2.26. The summed E-state index contributed by atoms with van der Waals surface area (Å²) < 4.78 is 5.41. The number of benzene rings is 1. The summed E-state index contributed by atoms with van der Waals surface area (Å²) in [5, 5.41) is 9.95. The molecule has 0 radical (unpaired) electrons. The Labute approximate surface area is 172 Å². The maximum absolute atomic E-state index is 5.41. The molecule has 3 rings (SSSR count). The third kappa shape index (κ3) is 6.89. The number of nitrogens with zero attached hydrogens (tertiary/aromatic N) is 3. The van der Waals surface area contributed by atoms with Crippen molar-refractivity contribution in [3.63, 3.8) is 0 Å². The molecule has 0 spiro atoms. The molecule has 0 aliphatic carbocycles. The molecule has 0 atom stereocenters. The molecule has 2 heterocycles. The lowest BCUT2D eigenvalue weighted by molar-refractivity contribution is 0.0342. The topological polar surface area (TPSA) is 61.8 Å². The molecule has 1 aliphatic heterocycles. The molecule has 1 saturated heterocycles. The molecule has 1 fully saturated rings. The van der Waals surface area contributed by atoms with Crippen LogP contribution in [-0.4, -0.2) is 55.2 Å². The van der Waals surface area contributed by atoms with Crippen LogP contribution in [0, 0.1) is 6.92 Å². The van der Waals surface area contributed by atoms with E-state index in [1.54, 1.807) is 11.3 Å². The number of thiazole rings is 1. The van der Waals surface area contributed by atoms with E-state index in [0.717, 1.165) is 69.0 Å². The van der Waals surface area contributed by atoms with Crippen molar-refractivity contribution in [1.29, 1.82) is 0 Å². The van der Waals surface area contributed by atoms with Gasteiger partial charge in [-0.1, -0.05) is 24.3 Å². The Balaban J connectivity index is 1.47. The fourth-order valence-electron chi connectivity index (χ4n) is 3.11. The zero-order chi connectivity index (χ0) is 19.6. The molecule has 0 unspecified atom stereocenters. The van der Waals surface area contributed by atoms with Crippen molar-refractivity contribution in [3.05, 3.63) is 51.5 Å². The van der Waals surface area contributed by atoms with Gasteiger partial charge in [-0.25, -0.2) is 9.98 Å². The second-order valence-electron chi connectivity index (χ2n) is 6.93. The summed E-state index contributed by atoms with van der Waals surface area (Å²) in [5.74, 6) is 0.854. The van der Waals surface area contributed by atoms with Crippen LogP contribution in [0.2, 0.25) is 0 Å². The molecule has 1 aliphatic rings. The first-order valence-corrected chi connectivity index (χ1v) is 10.9. The monoisotopic (exact) mass is 401 g/mol. The van der Waals surface area contributed by atoms with E-state index < -0.39 is 0 Å². The minimum Gasteiger partial charge on any atom is -0.379 e. The minimum absolute atomic E-state index is 0.670. The third-order valence-electron chi connectivity index (χ3n) is 4.64. The summed E-state index contributed by atoms with van der Waals surface area (Å²) in [4.78, 5) is 11.7. The Bertz CT molecular complexity index is 738. The van der Waals surface area contributed by atoms with E-state index in [1.807, 2.05) is 6.92 Å². The Kier molecular flexibility index (Phi) is 8.26. The van der Waals surface area contributed by atoms with Crippen LogP contribution in [0.15, 0.2) is 34.6 Å². The first-order valence-electron chi connectivity index (χ1n) is 10.0. The highest BCUT2D eigenvalue weighted by Crippen LogP contribution is 2.10. The molecule has 152 valence electrons. The van der Waals surface area contributed by atoms with Gasteiger partial charge in [-0.2, -0.15) is 0 Å². The van der Waals surface area contributed by atoms with E-state index in [1.165, 1.54) is 11.1 Å². The van der Waals surface area contributed by atoms with Gasteiger partial charge in [0.25, 0.3) is 0 Å². The van der Waals surface area contributed by atoms with Gasteiger partial charge in [0.2, 0.25) is 0 Å². The lowest BCUT2D eigenvalue weighted by atomic mass is 10.1. The number of nitrogens with one attached hydrogen (secondary N) is 2. The minimum atomic E-state index is 0.670. The van der Waals surface area contributed by atoms with Crippen LogP contribution in [0.25, 0.3) is 0 Å². The van der Waals surface area contributed by atoms with E-state index in [2.05, 4.69) is 57.1 Å². The molecule has 1 aromatic heterocycles. The third-order valence-corrected chi connectivity index (χ3v) is 5.46. The fraction of sp³-hybridized carbons (Fsp3) is 0.524. The summed E-state index contributed by atoms with van der Waals surface area (Å²) in [6, 6.07) is 8.79. The first kappa shape index (κ1) is 20.8. The molecule has 0 amide bonds. The van der Waals surface area contributed by atoms with Gasteiger partial charge in [-0.05, 0) is 25.0 Å². The van der Waals surface area contributed by atoms with Crippen molar-refractivity contribution >= 4 is 17.3 Å². The molecule has 6 nitrogen and oxygen atoms in total. The van der Waals surface area contributed by atoms with Crippen molar-refractivity contribution in [1.82, 2.24) is 20.5 Å². The van der Waals surface area contributed by atoms with Gasteiger partial charge in [0.15, 0.2) is 5.96 Å². The van der Waals surface area contributed by atoms with Crippen LogP contribution < -0.4 is 10.6 Å². The predicted octanol–water partition coefficient (Wildman–Crippen LogP) is 2.58. The molecular formula is C21H31N5OS. The van der Waals surface area contributed by atoms with Crippen molar-refractivity contribution in [2.24, 2.45) is 4.99 Å². The first-order chi connectivity index (χ1) is 13.7. The highest BCUT2D eigenvalue weighted by molar-refractivity contribution is 7.09. The SMILES string of the molecule is CCNC(=NCc1ccc(CN2CCOCC2)cc1)NCCc1csc(C)n1. The standard InChI is InChI=1S/C21H31N5OS/c1-3-22-21(23-9-8-20-16-28-17(2)25-20)24-14-18-4-6-19(7-5-18)15-26-10-12-27-13-11-26/h4-7,16H,3,8-15H2,1-2H3,(H2,22,23,24). The number of guanidine groups is 1. The van der Waals surface area contributed by atoms with E-state index >= 15 is 0 Å². The summed E-state index contributed by atoms with van der Waals surface area (Å²) >= 11 is 1.70. The number of aryl methyl sites for hydroxylation is 1.